The SMILES string of the molecule is CCCNCc1ccc(-c2cc3nccc(Oc4ccc(CC(=O)OCc5ccccc5)cc4F)c3s2)nc1. The molecule has 198 valence electrons. The number of rotatable bonds is 11. The second-order valence-electron chi connectivity index (χ2n) is 9.05. The Labute approximate surface area is 230 Å². The molecule has 0 radical (unpaired) electrons. The van der Waals surface area contributed by atoms with Crippen LogP contribution in [0.3, 0.4) is 0 Å². The van der Waals surface area contributed by atoms with E-state index in [2.05, 4.69) is 28.3 Å². The van der Waals surface area contributed by atoms with Gasteiger partial charge in [-0.15, -0.1) is 11.3 Å². The zero-order valence-electron chi connectivity index (χ0n) is 21.5. The summed E-state index contributed by atoms with van der Waals surface area (Å²) in [6.45, 7) is 4.07. The first-order valence-electron chi connectivity index (χ1n) is 12.8. The van der Waals surface area contributed by atoms with Crippen molar-refractivity contribution < 1.29 is 18.7 Å². The molecule has 0 aliphatic carbocycles. The Hall–Kier alpha value is -4.14. The summed E-state index contributed by atoms with van der Waals surface area (Å²) in [6, 6.07) is 21.7. The fourth-order valence-corrected chi connectivity index (χ4v) is 5.06. The molecule has 0 aliphatic rings. The number of nitrogens with one attached hydrogen (secondary N) is 1. The highest BCUT2D eigenvalue weighted by Gasteiger charge is 2.15. The minimum Gasteiger partial charge on any atom is -0.461 e. The average Bonchev–Trinajstić information content (AvgIpc) is 3.40. The van der Waals surface area contributed by atoms with Gasteiger partial charge < -0.3 is 14.8 Å². The van der Waals surface area contributed by atoms with Crippen LogP contribution < -0.4 is 10.1 Å². The summed E-state index contributed by atoms with van der Waals surface area (Å²) in [5.74, 6) is -0.404. The predicted octanol–water partition coefficient (Wildman–Crippen LogP) is 7.08. The number of carbonyl (C=O) groups is 1. The predicted molar refractivity (Wildman–Crippen MR) is 151 cm³/mol. The summed E-state index contributed by atoms with van der Waals surface area (Å²) in [6.07, 6.45) is 4.57. The van der Waals surface area contributed by atoms with Crippen LogP contribution in [0, 0.1) is 5.82 Å². The van der Waals surface area contributed by atoms with Gasteiger partial charge in [-0.3, -0.25) is 14.8 Å². The number of halogens is 1. The number of fused-ring (bicyclic) bond motifs is 1. The van der Waals surface area contributed by atoms with Crippen LogP contribution in [-0.4, -0.2) is 22.5 Å². The summed E-state index contributed by atoms with van der Waals surface area (Å²) in [7, 11) is 0. The first kappa shape index (κ1) is 26.5. The lowest BCUT2D eigenvalue weighted by atomic mass is 10.1. The number of nitrogens with zero attached hydrogens (tertiary/aromatic N) is 2. The summed E-state index contributed by atoms with van der Waals surface area (Å²) in [5, 5.41) is 3.37. The van der Waals surface area contributed by atoms with E-state index in [4.69, 9.17) is 9.47 Å². The molecule has 3 heterocycles. The van der Waals surface area contributed by atoms with Crippen molar-refractivity contribution in [1.82, 2.24) is 15.3 Å². The number of pyridine rings is 2. The van der Waals surface area contributed by atoms with Gasteiger partial charge in [0.2, 0.25) is 0 Å². The highest BCUT2D eigenvalue weighted by Crippen LogP contribution is 2.39. The van der Waals surface area contributed by atoms with E-state index in [9.17, 15) is 9.18 Å². The third-order valence-corrected chi connectivity index (χ3v) is 7.18. The first-order valence-corrected chi connectivity index (χ1v) is 13.6. The average molecular weight is 542 g/mol. The van der Waals surface area contributed by atoms with Crippen molar-refractivity contribution in [3.05, 3.63) is 108 Å². The summed E-state index contributed by atoms with van der Waals surface area (Å²) >= 11 is 1.50. The van der Waals surface area contributed by atoms with Crippen LogP contribution in [0.15, 0.2) is 85.2 Å². The van der Waals surface area contributed by atoms with Gasteiger partial charge in [-0.2, -0.15) is 0 Å². The molecule has 0 atom stereocenters. The molecule has 5 rings (SSSR count). The van der Waals surface area contributed by atoms with Crippen molar-refractivity contribution in [2.75, 3.05) is 6.54 Å². The van der Waals surface area contributed by atoms with E-state index in [1.54, 1.807) is 18.3 Å². The van der Waals surface area contributed by atoms with Crippen molar-refractivity contribution in [1.29, 1.82) is 0 Å². The Morgan fingerprint density at radius 3 is 2.56 bits per heavy atom. The second-order valence-corrected chi connectivity index (χ2v) is 10.1. The Morgan fingerprint density at radius 2 is 1.79 bits per heavy atom. The molecule has 0 bridgehead atoms. The molecule has 0 unspecified atom stereocenters. The molecule has 8 heteroatoms. The van der Waals surface area contributed by atoms with Crippen molar-refractivity contribution in [3.63, 3.8) is 0 Å². The van der Waals surface area contributed by atoms with Gasteiger partial charge in [0, 0.05) is 25.0 Å². The van der Waals surface area contributed by atoms with Crippen molar-refractivity contribution in [2.24, 2.45) is 0 Å². The topological polar surface area (TPSA) is 73.3 Å². The van der Waals surface area contributed by atoms with Crippen LogP contribution in [0.25, 0.3) is 20.8 Å². The number of benzene rings is 2. The maximum absolute atomic E-state index is 15.0. The van der Waals surface area contributed by atoms with Gasteiger partial charge >= 0.3 is 5.97 Å². The number of hydrogen-bond donors (Lipinski definition) is 1. The zero-order chi connectivity index (χ0) is 27.0. The molecule has 6 nitrogen and oxygen atoms in total. The Balaban J connectivity index is 1.26. The normalized spacial score (nSPS) is 11.0. The lowest BCUT2D eigenvalue weighted by Gasteiger charge is -2.09. The highest BCUT2D eigenvalue weighted by molar-refractivity contribution is 7.22. The largest absolute Gasteiger partial charge is 0.461 e. The third-order valence-electron chi connectivity index (χ3n) is 6.02. The van der Waals surface area contributed by atoms with E-state index < -0.39 is 11.8 Å². The fraction of sp³-hybridized carbons (Fsp3) is 0.194. The van der Waals surface area contributed by atoms with E-state index in [-0.39, 0.29) is 18.8 Å². The van der Waals surface area contributed by atoms with Crippen LogP contribution in [0.2, 0.25) is 0 Å². The van der Waals surface area contributed by atoms with E-state index in [1.165, 1.54) is 23.5 Å². The van der Waals surface area contributed by atoms with Gasteiger partial charge in [0.1, 0.15) is 12.4 Å². The molecule has 5 aromatic rings. The number of carbonyl (C=O) groups excluding carboxylic acids is 1. The molecular formula is C31H28FN3O3S. The van der Waals surface area contributed by atoms with Gasteiger partial charge in [0.25, 0.3) is 0 Å². The van der Waals surface area contributed by atoms with Crippen LogP contribution in [0.5, 0.6) is 11.5 Å². The van der Waals surface area contributed by atoms with Gasteiger partial charge in [-0.25, -0.2) is 4.39 Å². The Kier molecular flexibility index (Phi) is 8.55. The molecule has 0 saturated carbocycles. The van der Waals surface area contributed by atoms with Gasteiger partial charge in [-0.05, 0) is 53.9 Å². The maximum atomic E-state index is 15.0. The van der Waals surface area contributed by atoms with Crippen LogP contribution in [-0.2, 0) is 29.1 Å². The molecule has 0 spiro atoms. The van der Waals surface area contributed by atoms with E-state index >= 15 is 0 Å². The molecule has 1 N–H and O–H groups in total. The molecule has 2 aromatic carbocycles. The van der Waals surface area contributed by atoms with E-state index in [0.29, 0.717) is 11.3 Å². The number of aromatic nitrogens is 2. The molecule has 0 fully saturated rings. The zero-order valence-corrected chi connectivity index (χ0v) is 22.3. The molecule has 3 aromatic heterocycles. The molecule has 0 saturated heterocycles. The monoisotopic (exact) mass is 541 g/mol. The van der Waals surface area contributed by atoms with Crippen molar-refractivity contribution >= 4 is 27.5 Å². The second kappa shape index (κ2) is 12.6. The summed E-state index contributed by atoms with van der Waals surface area (Å²) in [4.78, 5) is 22.2. The number of ether oxygens (including phenoxy) is 2. The molecule has 39 heavy (non-hydrogen) atoms. The van der Waals surface area contributed by atoms with E-state index in [0.717, 1.165) is 51.4 Å². The van der Waals surface area contributed by atoms with Crippen LogP contribution >= 0.6 is 11.3 Å². The van der Waals surface area contributed by atoms with E-state index in [1.807, 2.05) is 48.7 Å². The first-order chi connectivity index (χ1) is 19.1. The molecular weight excluding hydrogens is 513 g/mol. The standard InChI is InChI=1S/C31H28FN3O3S/c1-2-13-33-18-23-8-10-25(35-19-23)29-17-26-31(39-29)28(12-14-34-26)38-27-11-9-22(15-24(27)32)16-30(36)37-20-21-6-4-3-5-7-21/h3-12,14-15,17,19,33H,2,13,16,18,20H2,1H3. The number of esters is 1. The Morgan fingerprint density at radius 1 is 0.949 bits per heavy atom. The highest BCUT2D eigenvalue weighted by atomic mass is 32.1. The van der Waals surface area contributed by atoms with Gasteiger partial charge in [0.15, 0.2) is 11.6 Å². The minimum absolute atomic E-state index is 0.0295. The smallest absolute Gasteiger partial charge is 0.310 e. The number of thiophene rings is 1. The summed E-state index contributed by atoms with van der Waals surface area (Å²) in [5.41, 5.74) is 4.13. The lowest BCUT2D eigenvalue weighted by molar-refractivity contribution is -0.144. The fourth-order valence-electron chi connectivity index (χ4n) is 4.02. The quantitative estimate of drug-likeness (QED) is 0.142. The molecule has 0 amide bonds. The van der Waals surface area contributed by atoms with Gasteiger partial charge in [0.05, 0.1) is 27.2 Å². The summed E-state index contributed by atoms with van der Waals surface area (Å²) < 4.78 is 27.0. The number of hydrogen-bond acceptors (Lipinski definition) is 7. The third kappa shape index (κ3) is 6.85. The van der Waals surface area contributed by atoms with Crippen LogP contribution in [0.4, 0.5) is 4.39 Å². The maximum Gasteiger partial charge on any atom is 0.310 e. The van der Waals surface area contributed by atoms with Crippen molar-refractivity contribution in [2.45, 2.75) is 32.9 Å². The van der Waals surface area contributed by atoms with Gasteiger partial charge in [-0.1, -0.05) is 49.4 Å². The van der Waals surface area contributed by atoms with Crippen molar-refractivity contribution in [3.8, 4) is 22.1 Å². The molecule has 0 aliphatic heterocycles. The Bertz CT molecular complexity index is 1560. The lowest BCUT2D eigenvalue weighted by Crippen LogP contribution is -2.13. The van der Waals surface area contributed by atoms with Crippen LogP contribution in [0.1, 0.15) is 30.0 Å². The minimum atomic E-state index is -0.556.